The third kappa shape index (κ3) is 2.74. The van der Waals surface area contributed by atoms with Crippen molar-refractivity contribution in [2.75, 3.05) is 14.1 Å². The van der Waals surface area contributed by atoms with E-state index in [1.54, 1.807) is 6.07 Å². The van der Waals surface area contributed by atoms with Crippen LogP contribution in [0, 0.1) is 11.3 Å². The van der Waals surface area contributed by atoms with Gasteiger partial charge in [-0.15, -0.1) is 0 Å². The van der Waals surface area contributed by atoms with Gasteiger partial charge in [0.25, 0.3) is 0 Å². The first kappa shape index (κ1) is 11.4. The van der Waals surface area contributed by atoms with Gasteiger partial charge < -0.3 is 9.32 Å². The van der Waals surface area contributed by atoms with Crippen molar-refractivity contribution in [3.63, 3.8) is 0 Å². The number of furan rings is 1. The van der Waals surface area contributed by atoms with Gasteiger partial charge in [-0.2, -0.15) is 5.26 Å². The van der Waals surface area contributed by atoms with Crippen molar-refractivity contribution in [3.8, 4) is 17.4 Å². The highest BCUT2D eigenvalue weighted by Gasteiger charge is 2.06. The predicted octanol–water partition coefficient (Wildman–Crippen LogP) is 2.88. The van der Waals surface area contributed by atoms with Crippen LogP contribution in [0.1, 0.15) is 11.3 Å². The van der Waals surface area contributed by atoms with Gasteiger partial charge in [0.05, 0.1) is 18.2 Å². The second-order valence-electron chi connectivity index (χ2n) is 4.20. The lowest BCUT2D eigenvalue weighted by Crippen LogP contribution is -2.09. The molecule has 0 radical (unpaired) electrons. The molecule has 0 amide bonds. The van der Waals surface area contributed by atoms with E-state index in [1.807, 2.05) is 49.3 Å². The standard InChI is InChI=1S/C14H14N2O/c1-16(2)10-13-6-7-14(17-13)12-5-3-4-11(8-12)9-15/h3-8H,10H2,1-2H3. The van der Waals surface area contributed by atoms with Crippen molar-refractivity contribution in [3.05, 3.63) is 47.7 Å². The van der Waals surface area contributed by atoms with Gasteiger partial charge in [-0.3, -0.25) is 0 Å². The first-order valence-electron chi connectivity index (χ1n) is 5.43. The molecule has 2 aromatic rings. The average molecular weight is 226 g/mol. The van der Waals surface area contributed by atoms with Crippen LogP contribution in [0.25, 0.3) is 11.3 Å². The van der Waals surface area contributed by atoms with E-state index in [0.29, 0.717) is 5.56 Å². The Balaban J connectivity index is 2.27. The Labute approximate surface area is 101 Å². The summed E-state index contributed by atoms with van der Waals surface area (Å²) in [6.07, 6.45) is 0. The molecule has 0 bridgehead atoms. The maximum atomic E-state index is 8.85. The summed E-state index contributed by atoms with van der Waals surface area (Å²) in [5.41, 5.74) is 1.59. The maximum Gasteiger partial charge on any atom is 0.134 e. The lowest BCUT2D eigenvalue weighted by Gasteiger charge is -2.05. The van der Waals surface area contributed by atoms with Crippen molar-refractivity contribution < 1.29 is 4.42 Å². The molecule has 0 atom stereocenters. The number of nitriles is 1. The highest BCUT2D eigenvalue weighted by molar-refractivity contribution is 5.60. The van der Waals surface area contributed by atoms with Gasteiger partial charge in [-0.05, 0) is 38.4 Å². The van der Waals surface area contributed by atoms with E-state index in [4.69, 9.17) is 9.68 Å². The van der Waals surface area contributed by atoms with Gasteiger partial charge >= 0.3 is 0 Å². The minimum Gasteiger partial charge on any atom is -0.460 e. The molecular weight excluding hydrogens is 212 g/mol. The van der Waals surface area contributed by atoms with Crippen molar-refractivity contribution in [2.24, 2.45) is 0 Å². The second-order valence-corrected chi connectivity index (χ2v) is 4.20. The SMILES string of the molecule is CN(C)Cc1ccc(-c2cccc(C#N)c2)o1. The van der Waals surface area contributed by atoms with Crippen LogP contribution in [0.15, 0.2) is 40.8 Å². The van der Waals surface area contributed by atoms with E-state index in [9.17, 15) is 0 Å². The van der Waals surface area contributed by atoms with Crippen LogP contribution >= 0.6 is 0 Å². The van der Waals surface area contributed by atoms with Gasteiger partial charge in [0.1, 0.15) is 11.5 Å². The van der Waals surface area contributed by atoms with E-state index >= 15 is 0 Å². The van der Waals surface area contributed by atoms with Crippen LogP contribution in [0.3, 0.4) is 0 Å². The highest BCUT2D eigenvalue weighted by Crippen LogP contribution is 2.23. The molecule has 0 aliphatic carbocycles. The molecule has 1 aromatic carbocycles. The lowest BCUT2D eigenvalue weighted by molar-refractivity contribution is 0.353. The van der Waals surface area contributed by atoms with Gasteiger partial charge in [0.15, 0.2) is 0 Å². The smallest absolute Gasteiger partial charge is 0.134 e. The van der Waals surface area contributed by atoms with Gasteiger partial charge in [-0.25, -0.2) is 0 Å². The predicted molar refractivity (Wildman–Crippen MR) is 66.3 cm³/mol. The van der Waals surface area contributed by atoms with Crippen LogP contribution in [-0.2, 0) is 6.54 Å². The first-order valence-corrected chi connectivity index (χ1v) is 5.43. The summed E-state index contributed by atoms with van der Waals surface area (Å²) in [6.45, 7) is 0.776. The van der Waals surface area contributed by atoms with Crippen molar-refractivity contribution >= 4 is 0 Å². The monoisotopic (exact) mass is 226 g/mol. The molecule has 1 heterocycles. The minimum atomic E-state index is 0.646. The van der Waals surface area contributed by atoms with Crippen LogP contribution < -0.4 is 0 Å². The van der Waals surface area contributed by atoms with Crippen LogP contribution in [0.2, 0.25) is 0 Å². The summed E-state index contributed by atoms with van der Waals surface area (Å²) in [7, 11) is 4.00. The fourth-order valence-electron chi connectivity index (χ4n) is 1.67. The number of nitrogens with zero attached hydrogens (tertiary/aromatic N) is 2. The number of rotatable bonds is 3. The molecule has 3 heteroatoms. The van der Waals surface area contributed by atoms with Gasteiger partial charge in [0, 0.05) is 5.56 Å². The molecule has 0 saturated carbocycles. The Morgan fingerprint density at radius 2 is 2.06 bits per heavy atom. The summed E-state index contributed by atoms with van der Waals surface area (Å²) < 4.78 is 5.73. The van der Waals surface area contributed by atoms with E-state index in [1.165, 1.54) is 0 Å². The molecule has 86 valence electrons. The van der Waals surface area contributed by atoms with Crippen molar-refractivity contribution in [1.82, 2.24) is 4.90 Å². The van der Waals surface area contributed by atoms with Crippen LogP contribution in [-0.4, -0.2) is 19.0 Å². The molecular formula is C14H14N2O. The summed E-state index contributed by atoms with van der Waals surface area (Å²) in [5, 5.41) is 8.85. The molecule has 3 nitrogen and oxygen atoms in total. The van der Waals surface area contributed by atoms with Gasteiger partial charge in [0.2, 0.25) is 0 Å². The zero-order valence-corrected chi connectivity index (χ0v) is 9.97. The first-order chi connectivity index (χ1) is 8.19. The molecule has 0 fully saturated rings. The summed E-state index contributed by atoms with van der Waals surface area (Å²) in [6, 6.07) is 13.5. The Kier molecular flexibility index (Phi) is 3.27. The molecule has 0 saturated heterocycles. The molecule has 1 aromatic heterocycles. The van der Waals surface area contributed by atoms with Crippen LogP contribution in [0.4, 0.5) is 0 Å². The Hall–Kier alpha value is -2.05. The van der Waals surface area contributed by atoms with Gasteiger partial charge in [-0.1, -0.05) is 12.1 Å². The van der Waals surface area contributed by atoms with E-state index in [0.717, 1.165) is 23.6 Å². The molecule has 0 N–H and O–H groups in total. The van der Waals surface area contributed by atoms with Crippen molar-refractivity contribution in [1.29, 1.82) is 5.26 Å². The number of hydrogen-bond donors (Lipinski definition) is 0. The third-order valence-electron chi connectivity index (χ3n) is 2.41. The molecule has 0 aliphatic heterocycles. The maximum absolute atomic E-state index is 8.85. The second kappa shape index (κ2) is 4.86. The topological polar surface area (TPSA) is 40.2 Å². The summed E-state index contributed by atoms with van der Waals surface area (Å²) >= 11 is 0. The van der Waals surface area contributed by atoms with E-state index < -0.39 is 0 Å². The highest BCUT2D eigenvalue weighted by atomic mass is 16.3. The average Bonchev–Trinajstić information content (AvgIpc) is 2.77. The third-order valence-corrected chi connectivity index (χ3v) is 2.41. The van der Waals surface area contributed by atoms with Crippen LogP contribution in [0.5, 0.6) is 0 Å². The normalized spacial score (nSPS) is 10.5. The fraction of sp³-hybridized carbons (Fsp3) is 0.214. The van der Waals surface area contributed by atoms with E-state index in [2.05, 4.69) is 6.07 Å². The zero-order valence-electron chi connectivity index (χ0n) is 9.97. The summed E-state index contributed by atoms with van der Waals surface area (Å²) in [5.74, 6) is 1.73. The molecule has 0 unspecified atom stereocenters. The Morgan fingerprint density at radius 1 is 1.24 bits per heavy atom. The van der Waals surface area contributed by atoms with Crippen molar-refractivity contribution in [2.45, 2.75) is 6.54 Å². The quantitative estimate of drug-likeness (QED) is 0.808. The number of benzene rings is 1. The Morgan fingerprint density at radius 3 is 2.76 bits per heavy atom. The molecule has 2 rings (SSSR count). The fourth-order valence-corrected chi connectivity index (χ4v) is 1.67. The molecule has 0 spiro atoms. The van der Waals surface area contributed by atoms with E-state index in [-0.39, 0.29) is 0 Å². The summed E-state index contributed by atoms with van der Waals surface area (Å²) in [4.78, 5) is 2.05. The largest absolute Gasteiger partial charge is 0.460 e. The molecule has 17 heavy (non-hydrogen) atoms. The zero-order chi connectivity index (χ0) is 12.3. The minimum absolute atomic E-state index is 0.646. The number of hydrogen-bond acceptors (Lipinski definition) is 3. The lowest BCUT2D eigenvalue weighted by atomic mass is 10.1. The Bertz CT molecular complexity index is 549. The molecule has 0 aliphatic rings.